The molecule has 4 N–H and O–H groups in total. The predicted molar refractivity (Wildman–Crippen MR) is 76.9 cm³/mol. The standard InChI is InChI=1S/C14H13F3N4O2/c15-14(16,17)9-3-4-10(19-6-7-22)21-11(9)12(23)8-2-1-5-20-13(8)18/h1-5,22H,6-7H2,(H2,18,20)(H,19,21). The van der Waals surface area contributed by atoms with Crippen molar-refractivity contribution in [3.05, 3.63) is 47.3 Å². The third-order valence-corrected chi connectivity index (χ3v) is 2.92. The molecule has 0 amide bonds. The zero-order chi connectivity index (χ0) is 17.0. The molecule has 23 heavy (non-hydrogen) atoms. The van der Waals surface area contributed by atoms with Gasteiger partial charge < -0.3 is 16.2 Å². The molecule has 6 nitrogen and oxygen atoms in total. The minimum Gasteiger partial charge on any atom is -0.395 e. The second-order valence-corrected chi connectivity index (χ2v) is 4.51. The lowest BCUT2D eigenvalue weighted by molar-refractivity contribution is -0.138. The van der Waals surface area contributed by atoms with E-state index in [1.807, 2.05) is 0 Å². The topological polar surface area (TPSA) is 101 Å². The number of ketones is 1. The SMILES string of the molecule is Nc1ncccc1C(=O)c1nc(NCCO)ccc1C(F)(F)F. The van der Waals surface area contributed by atoms with Crippen LogP contribution in [-0.4, -0.2) is 34.0 Å². The number of nitrogens with one attached hydrogen (secondary N) is 1. The van der Waals surface area contributed by atoms with Crippen LogP contribution >= 0.6 is 0 Å². The Hall–Kier alpha value is -2.68. The molecule has 2 rings (SSSR count). The van der Waals surface area contributed by atoms with Crippen LogP contribution in [0, 0.1) is 0 Å². The van der Waals surface area contributed by atoms with Crippen molar-refractivity contribution in [2.45, 2.75) is 6.18 Å². The number of hydrogen-bond acceptors (Lipinski definition) is 6. The average molecular weight is 326 g/mol. The van der Waals surface area contributed by atoms with Crippen LogP contribution in [0.3, 0.4) is 0 Å². The minimum atomic E-state index is -4.75. The van der Waals surface area contributed by atoms with Crippen molar-refractivity contribution in [3.63, 3.8) is 0 Å². The van der Waals surface area contributed by atoms with E-state index < -0.39 is 23.2 Å². The first-order valence-electron chi connectivity index (χ1n) is 6.52. The number of aromatic nitrogens is 2. The van der Waals surface area contributed by atoms with Gasteiger partial charge in [0.1, 0.15) is 17.3 Å². The molecular formula is C14H13F3N4O2. The number of pyridine rings is 2. The zero-order valence-corrected chi connectivity index (χ0v) is 11.8. The molecule has 2 aromatic rings. The Labute approximate surface area is 129 Å². The second-order valence-electron chi connectivity index (χ2n) is 4.51. The summed E-state index contributed by atoms with van der Waals surface area (Å²) in [7, 11) is 0. The van der Waals surface area contributed by atoms with Gasteiger partial charge in [0, 0.05) is 12.7 Å². The number of nitrogen functional groups attached to an aromatic ring is 1. The molecule has 0 radical (unpaired) electrons. The monoisotopic (exact) mass is 326 g/mol. The Balaban J connectivity index is 2.53. The molecule has 0 aliphatic carbocycles. The fourth-order valence-electron chi connectivity index (χ4n) is 1.88. The highest BCUT2D eigenvalue weighted by Gasteiger charge is 2.37. The maximum Gasteiger partial charge on any atom is 0.418 e. The number of rotatable bonds is 5. The molecule has 0 aliphatic rings. The van der Waals surface area contributed by atoms with Gasteiger partial charge in [-0.15, -0.1) is 0 Å². The Morgan fingerprint density at radius 2 is 2.04 bits per heavy atom. The van der Waals surface area contributed by atoms with Gasteiger partial charge in [-0.05, 0) is 24.3 Å². The number of nitrogens with zero attached hydrogens (tertiary/aromatic N) is 2. The van der Waals surface area contributed by atoms with Crippen molar-refractivity contribution in [3.8, 4) is 0 Å². The molecule has 0 aromatic carbocycles. The van der Waals surface area contributed by atoms with E-state index in [0.29, 0.717) is 0 Å². The van der Waals surface area contributed by atoms with Crippen LogP contribution in [0.4, 0.5) is 24.8 Å². The van der Waals surface area contributed by atoms with Gasteiger partial charge in [0.05, 0.1) is 17.7 Å². The Kier molecular flexibility index (Phi) is 4.80. The number of aliphatic hydroxyl groups is 1. The van der Waals surface area contributed by atoms with Crippen molar-refractivity contribution in [1.82, 2.24) is 9.97 Å². The van der Waals surface area contributed by atoms with Crippen molar-refractivity contribution in [1.29, 1.82) is 0 Å². The van der Waals surface area contributed by atoms with E-state index >= 15 is 0 Å². The summed E-state index contributed by atoms with van der Waals surface area (Å²) < 4.78 is 39.3. The quantitative estimate of drug-likeness (QED) is 0.723. The normalized spacial score (nSPS) is 11.3. The molecule has 0 fully saturated rings. The van der Waals surface area contributed by atoms with Gasteiger partial charge in [0.25, 0.3) is 0 Å². The van der Waals surface area contributed by atoms with Crippen LogP contribution in [0.1, 0.15) is 21.6 Å². The van der Waals surface area contributed by atoms with Gasteiger partial charge >= 0.3 is 6.18 Å². The van der Waals surface area contributed by atoms with Gasteiger partial charge in [0.2, 0.25) is 5.78 Å². The molecule has 0 atom stereocenters. The summed E-state index contributed by atoms with van der Waals surface area (Å²) in [6.45, 7) is -0.150. The van der Waals surface area contributed by atoms with Gasteiger partial charge in [-0.1, -0.05) is 0 Å². The van der Waals surface area contributed by atoms with Crippen LogP contribution in [0.2, 0.25) is 0 Å². The van der Waals surface area contributed by atoms with Crippen LogP contribution < -0.4 is 11.1 Å². The first kappa shape index (κ1) is 16.7. The maximum atomic E-state index is 13.1. The lowest BCUT2D eigenvalue weighted by Crippen LogP contribution is -2.18. The highest BCUT2D eigenvalue weighted by molar-refractivity contribution is 6.11. The molecule has 122 valence electrons. The van der Waals surface area contributed by atoms with Crippen LogP contribution in [0.15, 0.2) is 30.5 Å². The molecule has 2 heterocycles. The third-order valence-electron chi connectivity index (χ3n) is 2.92. The largest absolute Gasteiger partial charge is 0.418 e. The predicted octanol–water partition coefficient (Wildman–Crippen LogP) is 1.71. The lowest BCUT2D eigenvalue weighted by atomic mass is 10.0. The van der Waals surface area contributed by atoms with Crippen molar-refractivity contribution < 1.29 is 23.1 Å². The second kappa shape index (κ2) is 6.61. The zero-order valence-electron chi connectivity index (χ0n) is 11.8. The highest BCUT2D eigenvalue weighted by atomic mass is 19.4. The van der Waals surface area contributed by atoms with E-state index in [1.54, 1.807) is 0 Å². The molecule has 0 unspecified atom stereocenters. The summed E-state index contributed by atoms with van der Waals surface area (Å²) in [4.78, 5) is 19.8. The summed E-state index contributed by atoms with van der Waals surface area (Å²) in [6, 6.07) is 4.51. The van der Waals surface area contributed by atoms with Crippen LogP contribution in [-0.2, 0) is 6.18 Å². The van der Waals surface area contributed by atoms with E-state index in [1.165, 1.54) is 18.3 Å². The fourth-order valence-corrected chi connectivity index (χ4v) is 1.88. The first-order valence-corrected chi connectivity index (χ1v) is 6.52. The van der Waals surface area contributed by atoms with E-state index in [0.717, 1.165) is 12.1 Å². The Morgan fingerprint density at radius 1 is 1.30 bits per heavy atom. The molecule has 0 saturated heterocycles. The smallest absolute Gasteiger partial charge is 0.395 e. The molecule has 9 heteroatoms. The fraction of sp³-hybridized carbons (Fsp3) is 0.214. The lowest BCUT2D eigenvalue weighted by Gasteiger charge is -2.14. The van der Waals surface area contributed by atoms with Crippen molar-refractivity contribution in [2.75, 3.05) is 24.2 Å². The summed E-state index contributed by atoms with van der Waals surface area (Å²) in [5.41, 5.74) is 3.44. The van der Waals surface area contributed by atoms with Crippen molar-refractivity contribution >= 4 is 17.4 Å². The van der Waals surface area contributed by atoms with Crippen molar-refractivity contribution in [2.24, 2.45) is 0 Å². The minimum absolute atomic E-state index is 0.0397. The third kappa shape index (κ3) is 3.75. The van der Waals surface area contributed by atoms with Gasteiger partial charge in [-0.2, -0.15) is 13.2 Å². The molecule has 0 aliphatic heterocycles. The van der Waals surface area contributed by atoms with Crippen LogP contribution in [0.5, 0.6) is 0 Å². The van der Waals surface area contributed by atoms with Gasteiger partial charge in [0.15, 0.2) is 0 Å². The highest BCUT2D eigenvalue weighted by Crippen LogP contribution is 2.33. The number of aliphatic hydroxyl groups excluding tert-OH is 1. The average Bonchev–Trinajstić information content (AvgIpc) is 2.51. The number of nitrogens with two attached hydrogens (primary N) is 1. The van der Waals surface area contributed by atoms with Crippen LogP contribution in [0.25, 0.3) is 0 Å². The van der Waals surface area contributed by atoms with E-state index in [2.05, 4.69) is 15.3 Å². The summed E-state index contributed by atoms with van der Waals surface area (Å²) >= 11 is 0. The summed E-state index contributed by atoms with van der Waals surface area (Å²) in [6.07, 6.45) is -3.42. The molecular weight excluding hydrogens is 313 g/mol. The first-order chi connectivity index (χ1) is 10.8. The number of carbonyl (C=O) groups excluding carboxylic acids is 1. The number of halogens is 3. The molecule has 0 spiro atoms. The Morgan fingerprint density at radius 3 is 2.65 bits per heavy atom. The summed E-state index contributed by atoms with van der Waals surface area (Å²) in [5.74, 6) is -1.12. The number of alkyl halides is 3. The van der Waals surface area contributed by atoms with Gasteiger partial charge in [-0.3, -0.25) is 4.79 Å². The molecule has 2 aromatic heterocycles. The maximum absolute atomic E-state index is 13.1. The number of hydrogen-bond donors (Lipinski definition) is 3. The summed E-state index contributed by atoms with van der Waals surface area (Å²) in [5, 5.41) is 11.3. The molecule has 0 bridgehead atoms. The number of carbonyl (C=O) groups is 1. The van der Waals surface area contributed by atoms with E-state index in [-0.39, 0.29) is 30.4 Å². The Bertz CT molecular complexity index is 719. The number of anilines is 2. The molecule has 0 saturated carbocycles. The van der Waals surface area contributed by atoms with E-state index in [4.69, 9.17) is 10.8 Å². The van der Waals surface area contributed by atoms with Gasteiger partial charge in [-0.25, -0.2) is 9.97 Å². The van der Waals surface area contributed by atoms with E-state index in [9.17, 15) is 18.0 Å².